The minimum Gasteiger partial charge on any atom is -0.399 e. The van der Waals surface area contributed by atoms with Crippen LogP contribution in [0.5, 0.6) is 0 Å². The first-order chi connectivity index (χ1) is 16.8. The summed E-state index contributed by atoms with van der Waals surface area (Å²) in [4.78, 5) is 4.28. The molecule has 7 heteroatoms. The molecule has 2 aromatic carbocycles. The van der Waals surface area contributed by atoms with Crippen LogP contribution in [0, 0.1) is 0 Å². The van der Waals surface area contributed by atoms with Crippen molar-refractivity contribution in [1.82, 2.24) is 4.98 Å². The Hall–Kier alpha value is -2.44. The van der Waals surface area contributed by atoms with Crippen molar-refractivity contribution in [3.05, 3.63) is 67.0 Å². The zero-order valence-corrected chi connectivity index (χ0v) is 22.6. The van der Waals surface area contributed by atoms with Crippen LogP contribution in [0.4, 0.5) is 0 Å². The van der Waals surface area contributed by atoms with E-state index < -0.39 is 36.6 Å². The topological polar surface area (TPSA) is 49.8 Å². The molecule has 0 spiro atoms. The fourth-order valence-electron chi connectivity index (χ4n) is 4.49. The van der Waals surface area contributed by atoms with Gasteiger partial charge in [-0.1, -0.05) is 42.5 Å². The maximum Gasteiger partial charge on any atom is 0.494 e. The second-order valence-corrected chi connectivity index (χ2v) is 11.9. The smallest absolute Gasteiger partial charge is 0.399 e. The summed E-state index contributed by atoms with van der Waals surface area (Å²) >= 11 is 0. The van der Waals surface area contributed by atoms with Crippen LogP contribution in [0.1, 0.15) is 55.4 Å². The molecule has 0 unspecified atom stereocenters. The average molecular weight is 483 g/mol. The Morgan fingerprint density at radius 2 is 0.972 bits per heavy atom. The Kier molecular flexibility index (Phi) is 6.00. The Labute approximate surface area is 215 Å². The van der Waals surface area contributed by atoms with Gasteiger partial charge in [-0.2, -0.15) is 0 Å². The minimum absolute atomic E-state index is 0.432. The molecule has 2 fully saturated rings. The van der Waals surface area contributed by atoms with Gasteiger partial charge in [-0.15, -0.1) is 0 Å². The summed E-state index contributed by atoms with van der Waals surface area (Å²) < 4.78 is 25.7. The predicted molar refractivity (Wildman–Crippen MR) is 147 cm³/mol. The number of hydrogen-bond acceptors (Lipinski definition) is 5. The molecule has 2 aliphatic rings. The summed E-state index contributed by atoms with van der Waals surface area (Å²) in [5, 5.41) is 0. The minimum atomic E-state index is -0.488. The van der Waals surface area contributed by atoms with E-state index in [4.69, 9.17) is 18.6 Å². The van der Waals surface area contributed by atoms with Gasteiger partial charge in [0.2, 0.25) is 0 Å². The lowest BCUT2D eigenvalue weighted by atomic mass is 9.70. The van der Waals surface area contributed by atoms with Crippen LogP contribution in [0.2, 0.25) is 0 Å². The molecule has 36 heavy (non-hydrogen) atoms. The molecule has 3 aromatic rings. The molecule has 0 saturated carbocycles. The van der Waals surface area contributed by atoms with Gasteiger partial charge in [0.05, 0.1) is 22.4 Å². The average Bonchev–Trinajstić information content (AvgIpc) is 3.19. The van der Waals surface area contributed by atoms with Crippen LogP contribution in [0.15, 0.2) is 67.0 Å². The lowest BCUT2D eigenvalue weighted by molar-refractivity contribution is 0.00578. The Balaban J connectivity index is 1.60. The Morgan fingerprint density at radius 1 is 0.528 bits per heavy atom. The summed E-state index contributed by atoms with van der Waals surface area (Å²) in [6.45, 7) is 16.6. The quantitative estimate of drug-likeness (QED) is 0.489. The fourth-order valence-corrected chi connectivity index (χ4v) is 4.49. The number of aromatic nitrogens is 1. The zero-order chi connectivity index (χ0) is 25.9. The third kappa shape index (κ3) is 4.43. The molecule has 0 bridgehead atoms. The van der Waals surface area contributed by atoms with Crippen molar-refractivity contribution in [2.45, 2.75) is 77.8 Å². The number of nitrogens with zero attached hydrogens (tertiary/aromatic N) is 1. The molecular weight excluding hydrogens is 448 g/mol. The fraction of sp³-hybridized carbons (Fsp3) is 0.414. The van der Waals surface area contributed by atoms with Gasteiger partial charge >= 0.3 is 14.2 Å². The van der Waals surface area contributed by atoms with Crippen LogP contribution in [-0.2, 0) is 18.6 Å². The molecule has 3 heterocycles. The monoisotopic (exact) mass is 483 g/mol. The molecule has 2 aliphatic heterocycles. The highest BCUT2D eigenvalue weighted by Crippen LogP contribution is 2.38. The van der Waals surface area contributed by atoms with E-state index >= 15 is 0 Å². The van der Waals surface area contributed by atoms with Crippen molar-refractivity contribution >= 4 is 25.2 Å². The van der Waals surface area contributed by atoms with E-state index in [2.05, 4.69) is 109 Å². The van der Waals surface area contributed by atoms with Crippen LogP contribution in [0.3, 0.4) is 0 Å². The number of rotatable bonds is 4. The molecule has 0 radical (unpaired) electrons. The van der Waals surface area contributed by atoms with Crippen molar-refractivity contribution in [3.63, 3.8) is 0 Å². The van der Waals surface area contributed by atoms with Gasteiger partial charge in [0.1, 0.15) is 0 Å². The summed E-state index contributed by atoms with van der Waals surface area (Å²) in [5.41, 5.74) is 4.50. The van der Waals surface area contributed by atoms with E-state index in [0.717, 1.165) is 33.2 Å². The van der Waals surface area contributed by atoms with Crippen molar-refractivity contribution in [3.8, 4) is 22.3 Å². The van der Waals surface area contributed by atoms with Gasteiger partial charge in [0.25, 0.3) is 0 Å². The van der Waals surface area contributed by atoms with Crippen molar-refractivity contribution < 1.29 is 18.6 Å². The first kappa shape index (κ1) is 25.2. The highest BCUT2D eigenvalue weighted by molar-refractivity contribution is 6.66. The lowest BCUT2D eigenvalue weighted by Gasteiger charge is -2.32. The highest BCUT2D eigenvalue weighted by Gasteiger charge is 2.54. The Bertz CT molecular complexity index is 1190. The second-order valence-electron chi connectivity index (χ2n) is 11.9. The van der Waals surface area contributed by atoms with Crippen molar-refractivity contribution in [2.75, 3.05) is 0 Å². The largest absolute Gasteiger partial charge is 0.494 e. The summed E-state index contributed by atoms with van der Waals surface area (Å²) in [6, 6.07) is 18.9. The molecular formula is C29H35B2NO4. The van der Waals surface area contributed by atoms with Gasteiger partial charge in [-0.05, 0) is 95.1 Å². The highest BCUT2D eigenvalue weighted by atomic mass is 16.7. The van der Waals surface area contributed by atoms with Gasteiger partial charge in [0.15, 0.2) is 0 Å². The third-order valence-corrected chi connectivity index (χ3v) is 8.22. The lowest BCUT2D eigenvalue weighted by Crippen LogP contribution is -2.41. The van der Waals surface area contributed by atoms with E-state index in [1.807, 2.05) is 12.3 Å². The van der Waals surface area contributed by atoms with E-state index in [1.165, 1.54) is 0 Å². The third-order valence-electron chi connectivity index (χ3n) is 8.22. The van der Waals surface area contributed by atoms with Crippen molar-refractivity contribution in [1.29, 1.82) is 0 Å². The normalized spacial score (nSPS) is 21.7. The summed E-state index contributed by atoms with van der Waals surface area (Å²) in [7, 11) is -0.977. The SMILES string of the molecule is CC1(C)OB(c2cc(B3OC(C)(C)C(C)(C)O3)cc(-c3cccc(-c4cccnc4)c3)c2)OC1(C)C. The van der Waals surface area contributed by atoms with E-state index in [-0.39, 0.29) is 0 Å². The molecule has 5 nitrogen and oxygen atoms in total. The molecule has 0 aliphatic carbocycles. The Morgan fingerprint density at radius 3 is 1.42 bits per heavy atom. The molecule has 5 rings (SSSR count). The first-order valence-corrected chi connectivity index (χ1v) is 12.7. The first-order valence-electron chi connectivity index (χ1n) is 12.7. The maximum absolute atomic E-state index is 6.42. The number of hydrogen-bond donors (Lipinski definition) is 0. The molecule has 186 valence electrons. The predicted octanol–water partition coefficient (Wildman–Crippen LogP) is 5.01. The van der Waals surface area contributed by atoms with Crippen LogP contribution < -0.4 is 10.9 Å². The van der Waals surface area contributed by atoms with Crippen molar-refractivity contribution in [2.24, 2.45) is 0 Å². The number of benzene rings is 2. The van der Waals surface area contributed by atoms with Gasteiger partial charge in [-0.25, -0.2) is 0 Å². The summed E-state index contributed by atoms with van der Waals surface area (Å²) in [5.74, 6) is 0. The molecule has 0 amide bonds. The van der Waals surface area contributed by atoms with Gasteiger partial charge in [-0.3, -0.25) is 4.98 Å². The van der Waals surface area contributed by atoms with E-state index in [0.29, 0.717) is 0 Å². The van der Waals surface area contributed by atoms with Crippen LogP contribution in [0.25, 0.3) is 22.3 Å². The molecule has 2 saturated heterocycles. The second kappa shape index (κ2) is 8.56. The van der Waals surface area contributed by atoms with E-state index in [9.17, 15) is 0 Å². The van der Waals surface area contributed by atoms with Gasteiger partial charge < -0.3 is 18.6 Å². The standard InChI is InChI=1S/C29H35B2NO4/c1-26(2)27(3,4)34-30(33-26)24-16-23(17-25(18-24)31-35-28(5,6)29(7,8)36-31)21-12-9-11-20(15-21)22-13-10-14-32-19-22/h9-19H,1-8H3. The van der Waals surface area contributed by atoms with Crippen LogP contribution in [-0.4, -0.2) is 41.6 Å². The molecule has 1 aromatic heterocycles. The number of pyridine rings is 1. The zero-order valence-electron chi connectivity index (χ0n) is 22.6. The van der Waals surface area contributed by atoms with E-state index in [1.54, 1.807) is 6.20 Å². The van der Waals surface area contributed by atoms with Crippen LogP contribution >= 0.6 is 0 Å². The van der Waals surface area contributed by atoms with Gasteiger partial charge in [0, 0.05) is 18.0 Å². The molecule has 0 atom stereocenters. The molecule has 0 N–H and O–H groups in total. The maximum atomic E-state index is 6.42. The summed E-state index contributed by atoms with van der Waals surface area (Å²) in [6.07, 6.45) is 3.67.